The molecule has 1 atom stereocenters. The predicted molar refractivity (Wildman–Crippen MR) is 118 cm³/mol. The van der Waals surface area contributed by atoms with Gasteiger partial charge in [0, 0.05) is 24.5 Å². The van der Waals surface area contributed by atoms with E-state index < -0.39 is 17.7 Å². The number of furan rings is 1. The molecule has 3 aromatic rings. The Kier molecular flexibility index (Phi) is 5.81. The van der Waals surface area contributed by atoms with Crippen LogP contribution in [-0.2, 0) is 16.1 Å². The molecule has 0 aliphatic carbocycles. The average molecular weight is 432 g/mol. The average Bonchev–Trinajstić information content (AvgIpc) is 3.38. The number of hydrogen-bond acceptors (Lipinski definition) is 6. The van der Waals surface area contributed by atoms with E-state index in [-0.39, 0.29) is 24.0 Å². The second-order valence-electron chi connectivity index (χ2n) is 7.95. The van der Waals surface area contributed by atoms with Gasteiger partial charge in [0.05, 0.1) is 17.9 Å². The number of likely N-dealkylation sites (tertiary alicyclic amines) is 1. The first-order valence-corrected chi connectivity index (χ1v) is 10.3. The monoisotopic (exact) mass is 432 g/mol. The molecule has 1 aliphatic heterocycles. The van der Waals surface area contributed by atoms with Crippen LogP contribution in [0, 0.1) is 6.92 Å². The topological polar surface area (TPSA) is 92.9 Å². The third-order valence-electron chi connectivity index (χ3n) is 5.24. The van der Waals surface area contributed by atoms with Crippen molar-refractivity contribution >= 4 is 17.4 Å². The molecule has 1 aromatic carbocycles. The van der Waals surface area contributed by atoms with Gasteiger partial charge in [0.15, 0.2) is 0 Å². The van der Waals surface area contributed by atoms with Gasteiger partial charge in [-0.2, -0.15) is 0 Å². The molecule has 164 valence electrons. The van der Waals surface area contributed by atoms with Crippen LogP contribution in [0.2, 0.25) is 0 Å². The Morgan fingerprint density at radius 2 is 2.03 bits per heavy atom. The Morgan fingerprint density at radius 1 is 1.22 bits per heavy atom. The normalized spacial score (nSPS) is 17.9. The molecule has 0 bridgehead atoms. The summed E-state index contributed by atoms with van der Waals surface area (Å²) in [6.45, 7) is 5.88. The number of carbonyl (C=O) groups excluding carboxylic acids is 2. The zero-order valence-corrected chi connectivity index (χ0v) is 18.1. The minimum Gasteiger partial charge on any atom is -0.507 e. The van der Waals surface area contributed by atoms with Gasteiger partial charge in [-0.15, -0.1) is 0 Å². The fourth-order valence-electron chi connectivity index (χ4n) is 3.81. The summed E-state index contributed by atoms with van der Waals surface area (Å²) in [7, 11) is 0. The van der Waals surface area contributed by atoms with E-state index in [1.165, 1.54) is 11.2 Å². The maximum Gasteiger partial charge on any atom is 0.296 e. The van der Waals surface area contributed by atoms with Crippen LogP contribution in [0.1, 0.15) is 42.3 Å². The van der Waals surface area contributed by atoms with Crippen molar-refractivity contribution in [3.63, 3.8) is 0 Å². The number of nitrogens with zero attached hydrogens (tertiary/aromatic N) is 2. The highest BCUT2D eigenvalue weighted by Crippen LogP contribution is 2.40. The molecule has 0 saturated carbocycles. The van der Waals surface area contributed by atoms with Gasteiger partial charge in [0.25, 0.3) is 11.7 Å². The van der Waals surface area contributed by atoms with Crippen molar-refractivity contribution < 1.29 is 23.8 Å². The van der Waals surface area contributed by atoms with Crippen LogP contribution >= 0.6 is 0 Å². The molecule has 3 heterocycles. The number of aryl methyl sites for hydroxylation is 1. The number of aromatic nitrogens is 1. The van der Waals surface area contributed by atoms with Gasteiger partial charge in [0.1, 0.15) is 23.3 Å². The van der Waals surface area contributed by atoms with Gasteiger partial charge in [-0.3, -0.25) is 14.6 Å². The summed E-state index contributed by atoms with van der Waals surface area (Å²) in [5.74, 6) is -0.624. The number of ether oxygens (including phenoxy) is 1. The Bertz CT molecular complexity index is 1170. The van der Waals surface area contributed by atoms with Crippen LogP contribution in [0.3, 0.4) is 0 Å². The van der Waals surface area contributed by atoms with E-state index in [4.69, 9.17) is 9.15 Å². The summed E-state index contributed by atoms with van der Waals surface area (Å²) in [4.78, 5) is 31.5. The number of aliphatic hydroxyl groups excluding tert-OH is 1. The SMILES string of the molecule is Cc1cc(/C(O)=C2/C(=O)C(=O)N(Cc3cccnc3)C2c2ccco2)ccc1OC(C)C. The molecular formula is C25H24N2O5. The van der Waals surface area contributed by atoms with Crippen LogP contribution in [0.25, 0.3) is 5.76 Å². The molecule has 0 radical (unpaired) electrons. The number of benzene rings is 1. The summed E-state index contributed by atoms with van der Waals surface area (Å²) >= 11 is 0. The number of ketones is 1. The quantitative estimate of drug-likeness (QED) is 0.353. The van der Waals surface area contributed by atoms with Gasteiger partial charge in [-0.1, -0.05) is 6.07 Å². The van der Waals surface area contributed by atoms with Gasteiger partial charge < -0.3 is 19.2 Å². The van der Waals surface area contributed by atoms with E-state index in [0.717, 1.165) is 11.1 Å². The van der Waals surface area contributed by atoms with E-state index in [0.29, 0.717) is 17.1 Å². The summed E-state index contributed by atoms with van der Waals surface area (Å²) in [6.07, 6.45) is 4.75. The van der Waals surface area contributed by atoms with E-state index in [9.17, 15) is 14.7 Å². The van der Waals surface area contributed by atoms with E-state index in [1.807, 2.05) is 26.8 Å². The highest BCUT2D eigenvalue weighted by Gasteiger charge is 2.47. The lowest BCUT2D eigenvalue weighted by Gasteiger charge is -2.23. The molecule has 1 unspecified atom stereocenters. The zero-order chi connectivity index (χ0) is 22.8. The summed E-state index contributed by atoms with van der Waals surface area (Å²) < 4.78 is 11.3. The lowest BCUT2D eigenvalue weighted by atomic mass is 9.98. The summed E-state index contributed by atoms with van der Waals surface area (Å²) in [5, 5.41) is 11.1. The van der Waals surface area contributed by atoms with Crippen LogP contribution in [0.5, 0.6) is 5.75 Å². The van der Waals surface area contributed by atoms with Crippen molar-refractivity contribution in [1.29, 1.82) is 0 Å². The minimum absolute atomic E-state index is 0.00454. The Morgan fingerprint density at radius 3 is 2.66 bits per heavy atom. The Balaban J connectivity index is 1.79. The van der Waals surface area contributed by atoms with Crippen LogP contribution in [0.4, 0.5) is 0 Å². The first kappa shape index (κ1) is 21.4. The molecule has 32 heavy (non-hydrogen) atoms. The van der Waals surface area contributed by atoms with Crippen LogP contribution in [-0.4, -0.2) is 32.8 Å². The Labute approximate surface area is 186 Å². The molecule has 7 nitrogen and oxygen atoms in total. The zero-order valence-electron chi connectivity index (χ0n) is 18.1. The molecule has 1 N–H and O–H groups in total. The largest absolute Gasteiger partial charge is 0.507 e. The number of hydrogen-bond donors (Lipinski definition) is 1. The van der Waals surface area contributed by atoms with Crippen molar-refractivity contribution in [2.45, 2.75) is 39.5 Å². The number of aliphatic hydroxyl groups is 1. The molecule has 4 rings (SSSR count). The van der Waals surface area contributed by atoms with Crippen LogP contribution < -0.4 is 4.74 Å². The number of Topliss-reactive ketones (excluding diaryl/α,β-unsaturated/α-hetero) is 1. The number of amides is 1. The van der Waals surface area contributed by atoms with Crippen molar-refractivity contribution in [1.82, 2.24) is 9.88 Å². The minimum atomic E-state index is -0.850. The third kappa shape index (κ3) is 4.01. The molecule has 7 heteroatoms. The van der Waals surface area contributed by atoms with E-state index in [2.05, 4.69) is 4.98 Å². The Hall–Kier alpha value is -3.87. The maximum absolute atomic E-state index is 13.0. The fourth-order valence-corrected chi connectivity index (χ4v) is 3.81. The van der Waals surface area contributed by atoms with Gasteiger partial charge in [-0.05, 0) is 68.3 Å². The third-order valence-corrected chi connectivity index (χ3v) is 5.24. The molecular weight excluding hydrogens is 408 g/mol. The molecule has 1 amide bonds. The smallest absolute Gasteiger partial charge is 0.296 e. The summed E-state index contributed by atoms with van der Waals surface area (Å²) in [6, 6.07) is 11.3. The van der Waals surface area contributed by atoms with E-state index >= 15 is 0 Å². The molecule has 1 fully saturated rings. The first-order valence-electron chi connectivity index (χ1n) is 10.3. The predicted octanol–water partition coefficient (Wildman–Crippen LogP) is 4.39. The first-order chi connectivity index (χ1) is 15.4. The number of carbonyl (C=O) groups is 2. The standard InChI is InChI=1S/C25H24N2O5/c1-15(2)32-19-9-8-18(12-16(19)3)23(28)21-22(20-7-5-11-31-20)27(25(30)24(21)29)14-17-6-4-10-26-13-17/h4-13,15,22,28H,14H2,1-3H3/b23-21-. The number of pyridine rings is 1. The lowest BCUT2D eigenvalue weighted by molar-refractivity contribution is -0.140. The highest BCUT2D eigenvalue weighted by molar-refractivity contribution is 6.46. The second-order valence-corrected chi connectivity index (χ2v) is 7.95. The van der Waals surface area contributed by atoms with Crippen molar-refractivity contribution in [3.8, 4) is 5.75 Å². The van der Waals surface area contributed by atoms with Gasteiger partial charge in [-0.25, -0.2) is 0 Å². The molecule has 0 spiro atoms. The van der Waals surface area contributed by atoms with Gasteiger partial charge in [0.2, 0.25) is 0 Å². The number of rotatable bonds is 6. The van der Waals surface area contributed by atoms with Crippen molar-refractivity contribution in [2.75, 3.05) is 0 Å². The molecule has 1 saturated heterocycles. The maximum atomic E-state index is 13.0. The van der Waals surface area contributed by atoms with Gasteiger partial charge >= 0.3 is 0 Å². The highest BCUT2D eigenvalue weighted by atomic mass is 16.5. The molecule has 1 aliphatic rings. The van der Waals surface area contributed by atoms with Crippen molar-refractivity contribution in [2.24, 2.45) is 0 Å². The van der Waals surface area contributed by atoms with Crippen molar-refractivity contribution in [3.05, 3.63) is 89.1 Å². The van der Waals surface area contributed by atoms with Crippen LogP contribution in [0.15, 0.2) is 71.1 Å². The second kappa shape index (κ2) is 8.70. The fraction of sp³-hybridized carbons (Fsp3) is 0.240. The lowest BCUT2D eigenvalue weighted by Crippen LogP contribution is -2.29. The molecule has 2 aromatic heterocycles. The summed E-state index contributed by atoms with van der Waals surface area (Å²) in [5.41, 5.74) is 1.99. The van der Waals surface area contributed by atoms with E-state index in [1.54, 1.807) is 48.8 Å².